The smallest absolute Gasteiger partial charge is 0.0953 e. The SMILES string of the molecule is CCNCc1cn(Cc2ccc(Cl)c(Cl)c2)cn1. The van der Waals surface area contributed by atoms with Crippen molar-refractivity contribution in [3.63, 3.8) is 0 Å². The first-order valence-electron chi connectivity index (χ1n) is 5.84. The highest BCUT2D eigenvalue weighted by molar-refractivity contribution is 6.42. The molecule has 1 heterocycles. The van der Waals surface area contributed by atoms with Gasteiger partial charge in [0, 0.05) is 19.3 Å². The average Bonchev–Trinajstić information content (AvgIpc) is 2.79. The fraction of sp³-hybridized carbons (Fsp3) is 0.308. The van der Waals surface area contributed by atoms with Crippen molar-refractivity contribution >= 4 is 23.2 Å². The predicted octanol–water partition coefficient (Wildman–Crippen LogP) is 3.35. The predicted molar refractivity (Wildman–Crippen MR) is 75.2 cm³/mol. The molecule has 1 N–H and O–H groups in total. The molecule has 0 fully saturated rings. The van der Waals surface area contributed by atoms with E-state index in [1.165, 1.54) is 0 Å². The summed E-state index contributed by atoms with van der Waals surface area (Å²) in [6, 6.07) is 5.67. The van der Waals surface area contributed by atoms with Crippen molar-refractivity contribution in [2.75, 3.05) is 6.54 Å². The number of nitrogens with one attached hydrogen (secondary N) is 1. The zero-order chi connectivity index (χ0) is 13.0. The first-order valence-corrected chi connectivity index (χ1v) is 6.60. The maximum Gasteiger partial charge on any atom is 0.0953 e. The molecule has 2 rings (SSSR count). The Bertz CT molecular complexity index is 523. The van der Waals surface area contributed by atoms with Gasteiger partial charge in [0.25, 0.3) is 0 Å². The van der Waals surface area contributed by atoms with Gasteiger partial charge in [-0.3, -0.25) is 0 Å². The number of hydrogen-bond donors (Lipinski definition) is 1. The molecule has 0 saturated carbocycles. The van der Waals surface area contributed by atoms with Crippen molar-refractivity contribution < 1.29 is 0 Å². The van der Waals surface area contributed by atoms with E-state index in [9.17, 15) is 0 Å². The van der Waals surface area contributed by atoms with Crippen molar-refractivity contribution in [1.29, 1.82) is 0 Å². The first-order chi connectivity index (χ1) is 8.69. The molecule has 1 aromatic heterocycles. The van der Waals surface area contributed by atoms with Gasteiger partial charge in [-0.25, -0.2) is 4.98 Å². The largest absolute Gasteiger partial charge is 0.333 e. The number of benzene rings is 1. The summed E-state index contributed by atoms with van der Waals surface area (Å²) in [5.41, 5.74) is 2.15. The summed E-state index contributed by atoms with van der Waals surface area (Å²) in [5.74, 6) is 0. The standard InChI is InChI=1S/C13H15Cl2N3/c1-2-16-6-11-8-18(9-17-11)7-10-3-4-12(14)13(15)5-10/h3-5,8-9,16H,2,6-7H2,1H3. The molecule has 3 nitrogen and oxygen atoms in total. The maximum absolute atomic E-state index is 5.99. The first kappa shape index (κ1) is 13.4. The fourth-order valence-corrected chi connectivity index (χ4v) is 2.01. The molecule has 0 radical (unpaired) electrons. The molecule has 5 heteroatoms. The minimum atomic E-state index is 0.582. The number of aromatic nitrogens is 2. The number of rotatable bonds is 5. The van der Waals surface area contributed by atoms with Crippen molar-refractivity contribution in [2.24, 2.45) is 0 Å². The third-order valence-corrected chi connectivity index (χ3v) is 3.33. The van der Waals surface area contributed by atoms with Gasteiger partial charge in [-0.1, -0.05) is 36.2 Å². The van der Waals surface area contributed by atoms with Crippen molar-refractivity contribution in [3.8, 4) is 0 Å². The number of nitrogens with zero attached hydrogens (tertiary/aromatic N) is 2. The molecule has 0 aliphatic heterocycles. The summed E-state index contributed by atoms with van der Waals surface area (Å²) in [6.07, 6.45) is 3.86. The van der Waals surface area contributed by atoms with Crippen LogP contribution in [0.1, 0.15) is 18.2 Å². The van der Waals surface area contributed by atoms with Crippen LogP contribution in [0.15, 0.2) is 30.7 Å². The highest BCUT2D eigenvalue weighted by Gasteiger charge is 2.02. The lowest BCUT2D eigenvalue weighted by atomic mass is 10.2. The minimum absolute atomic E-state index is 0.582. The molecule has 0 spiro atoms. The molecule has 0 amide bonds. The van der Waals surface area contributed by atoms with E-state index in [0.717, 1.165) is 30.9 Å². The maximum atomic E-state index is 5.99. The topological polar surface area (TPSA) is 29.9 Å². The van der Waals surface area contributed by atoms with E-state index in [1.54, 1.807) is 0 Å². The molecule has 0 unspecified atom stereocenters. The summed E-state index contributed by atoms with van der Waals surface area (Å²) in [4.78, 5) is 4.33. The molecule has 0 aliphatic rings. The van der Waals surface area contributed by atoms with E-state index >= 15 is 0 Å². The molecule has 96 valence electrons. The van der Waals surface area contributed by atoms with Crippen LogP contribution >= 0.6 is 23.2 Å². The quantitative estimate of drug-likeness (QED) is 0.912. The van der Waals surface area contributed by atoms with Crippen molar-refractivity contribution in [2.45, 2.75) is 20.0 Å². The van der Waals surface area contributed by atoms with Crippen LogP contribution in [0.4, 0.5) is 0 Å². The molecule has 0 saturated heterocycles. The number of hydrogen-bond acceptors (Lipinski definition) is 2. The van der Waals surface area contributed by atoms with Gasteiger partial charge in [0.15, 0.2) is 0 Å². The lowest BCUT2D eigenvalue weighted by Gasteiger charge is -2.04. The van der Waals surface area contributed by atoms with Crippen LogP contribution in [0.25, 0.3) is 0 Å². The van der Waals surface area contributed by atoms with Crippen LogP contribution < -0.4 is 5.32 Å². The highest BCUT2D eigenvalue weighted by Crippen LogP contribution is 2.22. The Kier molecular flexibility index (Phi) is 4.64. The Balaban J connectivity index is 2.04. The second-order valence-corrected chi connectivity index (χ2v) is 4.88. The molecule has 0 atom stereocenters. The Morgan fingerprint density at radius 2 is 2.11 bits per heavy atom. The summed E-state index contributed by atoms with van der Waals surface area (Å²) in [5, 5.41) is 4.41. The van der Waals surface area contributed by atoms with Crippen LogP contribution in [-0.4, -0.2) is 16.1 Å². The minimum Gasteiger partial charge on any atom is -0.333 e. The van der Waals surface area contributed by atoms with Gasteiger partial charge >= 0.3 is 0 Å². The van der Waals surface area contributed by atoms with E-state index in [2.05, 4.69) is 17.2 Å². The van der Waals surface area contributed by atoms with E-state index in [0.29, 0.717) is 10.0 Å². The summed E-state index contributed by atoms with van der Waals surface area (Å²) in [7, 11) is 0. The Morgan fingerprint density at radius 1 is 1.28 bits per heavy atom. The molecule has 1 aromatic carbocycles. The van der Waals surface area contributed by atoms with Crippen LogP contribution in [-0.2, 0) is 13.1 Å². The highest BCUT2D eigenvalue weighted by atomic mass is 35.5. The summed E-state index contributed by atoms with van der Waals surface area (Å²) in [6.45, 7) is 4.56. The molecular weight excluding hydrogens is 269 g/mol. The molecule has 2 aromatic rings. The zero-order valence-corrected chi connectivity index (χ0v) is 11.7. The second-order valence-electron chi connectivity index (χ2n) is 4.07. The van der Waals surface area contributed by atoms with Gasteiger partial charge in [0.2, 0.25) is 0 Å². The number of halogens is 2. The van der Waals surface area contributed by atoms with Crippen LogP contribution in [0.3, 0.4) is 0 Å². The third-order valence-electron chi connectivity index (χ3n) is 2.59. The molecule has 0 aliphatic carbocycles. The van der Waals surface area contributed by atoms with Crippen molar-refractivity contribution in [3.05, 3.63) is 52.0 Å². The van der Waals surface area contributed by atoms with Gasteiger partial charge < -0.3 is 9.88 Å². The van der Waals surface area contributed by atoms with Crippen molar-refractivity contribution in [1.82, 2.24) is 14.9 Å². The molecule has 0 bridgehead atoms. The Labute approximate surface area is 117 Å². The molecular formula is C13H15Cl2N3. The van der Waals surface area contributed by atoms with Crippen LogP contribution in [0.2, 0.25) is 10.0 Å². The van der Waals surface area contributed by atoms with Gasteiger partial charge in [0.1, 0.15) is 0 Å². The fourth-order valence-electron chi connectivity index (χ4n) is 1.69. The third kappa shape index (κ3) is 3.48. The second kappa shape index (κ2) is 6.23. The lowest BCUT2D eigenvalue weighted by molar-refractivity contribution is 0.712. The summed E-state index contributed by atoms with van der Waals surface area (Å²) < 4.78 is 2.03. The summed E-state index contributed by atoms with van der Waals surface area (Å²) >= 11 is 11.9. The Morgan fingerprint density at radius 3 is 2.83 bits per heavy atom. The van der Waals surface area contributed by atoms with Crippen LogP contribution in [0, 0.1) is 0 Å². The zero-order valence-electron chi connectivity index (χ0n) is 10.2. The normalized spacial score (nSPS) is 10.8. The van der Waals surface area contributed by atoms with E-state index in [1.807, 2.05) is 35.3 Å². The lowest BCUT2D eigenvalue weighted by Crippen LogP contribution is -2.11. The van der Waals surface area contributed by atoms with E-state index in [4.69, 9.17) is 23.2 Å². The van der Waals surface area contributed by atoms with E-state index < -0.39 is 0 Å². The molecule has 18 heavy (non-hydrogen) atoms. The van der Waals surface area contributed by atoms with Crippen LogP contribution in [0.5, 0.6) is 0 Å². The van der Waals surface area contributed by atoms with Gasteiger partial charge in [-0.2, -0.15) is 0 Å². The van der Waals surface area contributed by atoms with Gasteiger partial charge in [-0.05, 0) is 24.2 Å². The Hall–Kier alpha value is -1.03. The monoisotopic (exact) mass is 283 g/mol. The van der Waals surface area contributed by atoms with E-state index in [-0.39, 0.29) is 0 Å². The average molecular weight is 284 g/mol. The van der Waals surface area contributed by atoms with Gasteiger partial charge in [-0.15, -0.1) is 0 Å². The van der Waals surface area contributed by atoms with Gasteiger partial charge in [0.05, 0.1) is 22.1 Å². The number of imidazole rings is 1.